The number of carbonyl (C=O) groups excluding carboxylic acids is 2. The third kappa shape index (κ3) is 4.23. The van der Waals surface area contributed by atoms with Crippen molar-refractivity contribution >= 4 is 24.3 Å². The third-order valence-corrected chi connectivity index (χ3v) is 4.56. The molecule has 3 rings (SSSR count). The number of methoxy groups -OCH3 is 1. The lowest BCUT2D eigenvalue weighted by molar-refractivity contribution is -0.145. The molecule has 1 amide bonds. The molecule has 0 saturated carbocycles. The van der Waals surface area contributed by atoms with E-state index in [9.17, 15) is 9.59 Å². The first-order chi connectivity index (χ1) is 12.1. The van der Waals surface area contributed by atoms with Crippen LogP contribution in [-0.4, -0.2) is 41.9 Å². The zero-order valence-electron chi connectivity index (χ0n) is 14.7. The number of nitrogens with one attached hydrogen (secondary N) is 2. The molecule has 1 aromatic carbocycles. The minimum Gasteiger partial charge on any atom is -0.467 e. The van der Waals surface area contributed by atoms with Crippen LogP contribution in [0.2, 0.25) is 0 Å². The summed E-state index contributed by atoms with van der Waals surface area (Å²) in [5.41, 5.74) is 1.72. The second-order valence-corrected chi connectivity index (χ2v) is 6.19. The van der Waals surface area contributed by atoms with Crippen LogP contribution in [0, 0.1) is 5.92 Å². The van der Waals surface area contributed by atoms with Crippen molar-refractivity contribution in [3.63, 3.8) is 0 Å². The number of rotatable bonds is 5. The molecule has 0 radical (unpaired) electrons. The van der Waals surface area contributed by atoms with E-state index >= 15 is 0 Å². The van der Waals surface area contributed by atoms with Crippen molar-refractivity contribution in [1.82, 2.24) is 20.4 Å². The van der Waals surface area contributed by atoms with E-state index in [0.717, 1.165) is 5.56 Å². The van der Waals surface area contributed by atoms with Crippen molar-refractivity contribution in [2.45, 2.75) is 12.0 Å². The Morgan fingerprint density at radius 2 is 2.04 bits per heavy atom. The van der Waals surface area contributed by atoms with E-state index in [0.29, 0.717) is 18.7 Å². The summed E-state index contributed by atoms with van der Waals surface area (Å²) in [5.74, 6) is -0.885. The minimum absolute atomic E-state index is 0. The Labute approximate surface area is 158 Å². The molecule has 1 aliphatic rings. The number of ether oxygens (including phenoxy) is 1. The summed E-state index contributed by atoms with van der Waals surface area (Å²) in [6.07, 6.45) is 3.71. The molecule has 1 aromatic heterocycles. The van der Waals surface area contributed by atoms with Gasteiger partial charge in [-0.3, -0.25) is 9.48 Å². The van der Waals surface area contributed by atoms with E-state index in [1.165, 1.54) is 7.11 Å². The molecular formula is C18H23ClN4O3. The zero-order chi connectivity index (χ0) is 17.8. The van der Waals surface area contributed by atoms with Gasteiger partial charge in [0.15, 0.2) is 6.04 Å². The van der Waals surface area contributed by atoms with Gasteiger partial charge in [-0.2, -0.15) is 5.10 Å². The number of aromatic nitrogens is 2. The van der Waals surface area contributed by atoms with Crippen LogP contribution in [0.5, 0.6) is 0 Å². The largest absolute Gasteiger partial charge is 0.467 e. The standard InChI is InChI=1S/C18H22N4O3.ClH/c1-22-11-13(8-20-22)14-9-19-10-15(14)17(23)21-16(18(24)25-2)12-6-4-3-5-7-12;/h3-8,11,14-16,19H,9-10H2,1-2H3,(H,21,23);1H/t14-,15+,16?;/m1./s1. The van der Waals surface area contributed by atoms with Crippen molar-refractivity contribution in [3.05, 3.63) is 53.9 Å². The van der Waals surface area contributed by atoms with Gasteiger partial charge in [0.2, 0.25) is 5.91 Å². The van der Waals surface area contributed by atoms with Crippen LogP contribution in [0.15, 0.2) is 42.7 Å². The van der Waals surface area contributed by atoms with Crippen LogP contribution in [-0.2, 0) is 21.4 Å². The van der Waals surface area contributed by atoms with Crippen molar-refractivity contribution in [3.8, 4) is 0 Å². The fourth-order valence-corrected chi connectivity index (χ4v) is 3.23. The van der Waals surface area contributed by atoms with Crippen molar-refractivity contribution in [2.75, 3.05) is 20.2 Å². The first-order valence-electron chi connectivity index (χ1n) is 8.22. The first kappa shape index (κ1) is 19.9. The van der Waals surface area contributed by atoms with Gasteiger partial charge in [0.25, 0.3) is 0 Å². The average molecular weight is 379 g/mol. The third-order valence-electron chi connectivity index (χ3n) is 4.56. The summed E-state index contributed by atoms with van der Waals surface area (Å²) in [6.45, 7) is 1.27. The van der Waals surface area contributed by atoms with Gasteiger partial charge in [-0.25, -0.2) is 4.79 Å². The summed E-state index contributed by atoms with van der Waals surface area (Å²) in [7, 11) is 3.17. The minimum atomic E-state index is -0.811. The van der Waals surface area contributed by atoms with E-state index < -0.39 is 12.0 Å². The maximum Gasteiger partial charge on any atom is 0.333 e. The Balaban J connectivity index is 0.00000243. The molecule has 140 valence electrons. The second kappa shape index (κ2) is 8.82. The number of amides is 1. The average Bonchev–Trinajstić information content (AvgIpc) is 3.28. The molecule has 2 N–H and O–H groups in total. The molecule has 26 heavy (non-hydrogen) atoms. The van der Waals surface area contributed by atoms with Crippen molar-refractivity contribution < 1.29 is 14.3 Å². The van der Waals surface area contributed by atoms with Crippen LogP contribution in [0.1, 0.15) is 23.1 Å². The number of esters is 1. The predicted molar refractivity (Wildman–Crippen MR) is 98.9 cm³/mol. The Morgan fingerprint density at radius 1 is 1.31 bits per heavy atom. The summed E-state index contributed by atoms with van der Waals surface area (Å²) < 4.78 is 6.59. The molecule has 3 atom stereocenters. The van der Waals surface area contributed by atoms with E-state index in [4.69, 9.17) is 4.74 Å². The lowest BCUT2D eigenvalue weighted by Gasteiger charge is -2.22. The van der Waals surface area contributed by atoms with Gasteiger partial charge < -0.3 is 15.4 Å². The van der Waals surface area contributed by atoms with Crippen molar-refractivity contribution in [2.24, 2.45) is 13.0 Å². The lowest BCUT2D eigenvalue weighted by atomic mass is 9.90. The highest BCUT2D eigenvalue weighted by Gasteiger charge is 2.36. The fourth-order valence-electron chi connectivity index (χ4n) is 3.23. The number of benzene rings is 1. The highest BCUT2D eigenvalue weighted by molar-refractivity contribution is 5.87. The summed E-state index contributed by atoms with van der Waals surface area (Å²) >= 11 is 0. The smallest absolute Gasteiger partial charge is 0.333 e. The van der Waals surface area contributed by atoms with E-state index in [2.05, 4.69) is 15.7 Å². The Bertz CT molecular complexity index is 750. The lowest BCUT2D eigenvalue weighted by Crippen LogP contribution is -2.40. The number of hydrogen-bond donors (Lipinski definition) is 2. The highest BCUT2D eigenvalue weighted by atomic mass is 35.5. The molecule has 1 unspecified atom stereocenters. The van der Waals surface area contributed by atoms with Crippen molar-refractivity contribution in [1.29, 1.82) is 0 Å². The number of hydrogen-bond acceptors (Lipinski definition) is 5. The van der Waals surface area contributed by atoms with Gasteiger partial charge in [-0.15, -0.1) is 12.4 Å². The molecule has 0 aliphatic carbocycles. The quantitative estimate of drug-likeness (QED) is 0.763. The summed E-state index contributed by atoms with van der Waals surface area (Å²) in [6, 6.07) is 8.30. The van der Waals surface area contributed by atoms with Crippen LogP contribution in [0.3, 0.4) is 0 Å². The Kier molecular flexibility index (Phi) is 6.76. The maximum absolute atomic E-state index is 12.9. The number of carbonyl (C=O) groups is 2. The van der Waals surface area contributed by atoms with Crippen LogP contribution < -0.4 is 10.6 Å². The number of nitrogens with zero attached hydrogens (tertiary/aromatic N) is 2. The predicted octanol–water partition coefficient (Wildman–Crippen LogP) is 1.18. The molecular weight excluding hydrogens is 356 g/mol. The highest BCUT2D eigenvalue weighted by Crippen LogP contribution is 2.28. The molecule has 7 nitrogen and oxygen atoms in total. The molecule has 1 fully saturated rings. The topological polar surface area (TPSA) is 85.2 Å². The Hall–Kier alpha value is -2.38. The molecule has 1 saturated heterocycles. The van der Waals surface area contributed by atoms with Crippen LogP contribution in [0.4, 0.5) is 0 Å². The van der Waals surface area contributed by atoms with E-state index in [1.807, 2.05) is 31.4 Å². The summed E-state index contributed by atoms with van der Waals surface area (Å²) in [5, 5.41) is 10.3. The summed E-state index contributed by atoms with van der Waals surface area (Å²) in [4.78, 5) is 25.0. The molecule has 8 heteroatoms. The molecule has 0 spiro atoms. The van der Waals surface area contributed by atoms with Crippen LogP contribution in [0.25, 0.3) is 0 Å². The normalized spacial score (nSPS) is 20.1. The fraction of sp³-hybridized carbons (Fsp3) is 0.389. The molecule has 2 aromatic rings. The number of aryl methyl sites for hydroxylation is 1. The van der Waals surface area contributed by atoms with Gasteiger partial charge >= 0.3 is 5.97 Å². The second-order valence-electron chi connectivity index (χ2n) is 6.19. The monoisotopic (exact) mass is 378 g/mol. The molecule has 2 heterocycles. The van der Waals surface area contributed by atoms with Crippen LogP contribution >= 0.6 is 12.4 Å². The SMILES string of the molecule is COC(=O)C(NC(=O)[C@H]1CNC[C@@H]1c1cnn(C)c1)c1ccccc1.Cl. The zero-order valence-corrected chi connectivity index (χ0v) is 15.5. The van der Waals surface area contributed by atoms with Gasteiger partial charge in [0.1, 0.15) is 0 Å². The Morgan fingerprint density at radius 3 is 2.65 bits per heavy atom. The van der Waals surface area contributed by atoms with E-state index in [-0.39, 0.29) is 30.2 Å². The van der Waals surface area contributed by atoms with Gasteiger partial charge in [-0.05, 0) is 11.1 Å². The molecule has 1 aliphatic heterocycles. The van der Waals surface area contributed by atoms with E-state index in [1.54, 1.807) is 23.0 Å². The van der Waals surface area contributed by atoms with Gasteiger partial charge in [0.05, 0.1) is 19.2 Å². The number of halogens is 1. The first-order valence-corrected chi connectivity index (χ1v) is 8.22. The molecule has 0 bridgehead atoms. The maximum atomic E-state index is 12.9. The van der Waals surface area contributed by atoms with Gasteiger partial charge in [-0.1, -0.05) is 30.3 Å². The van der Waals surface area contributed by atoms with Gasteiger partial charge in [0, 0.05) is 32.3 Å².